The van der Waals surface area contributed by atoms with Gasteiger partial charge in [-0.15, -0.1) is 4.73 Å². The number of fused-ring (bicyclic) bond motifs is 3. The number of hydrogen-bond donors (Lipinski definition) is 3. The van der Waals surface area contributed by atoms with Crippen LogP contribution in [0.4, 0.5) is 11.4 Å². The Morgan fingerprint density at radius 3 is 2.05 bits per heavy atom. The van der Waals surface area contributed by atoms with Gasteiger partial charge in [0, 0.05) is 84.8 Å². The summed E-state index contributed by atoms with van der Waals surface area (Å²) in [6.07, 6.45) is 6.46. The van der Waals surface area contributed by atoms with E-state index in [1.54, 1.807) is 13.2 Å². The zero-order chi connectivity index (χ0) is 54.0. The van der Waals surface area contributed by atoms with Crippen molar-refractivity contribution in [3.8, 4) is 17.5 Å². The van der Waals surface area contributed by atoms with Gasteiger partial charge in [-0.3, -0.25) is 8.74 Å². The summed E-state index contributed by atoms with van der Waals surface area (Å²) in [7, 11) is -5.84. The van der Waals surface area contributed by atoms with Gasteiger partial charge in [0.1, 0.15) is 18.1 Å². The van der Waals surface area contributed by atoms with Crippen LogP contribution < -0.4 is 14.5 Å². The fraction of sp³-hybridized carbons (Fsp3) is 0.444. The van der Waals surface area contributed by atoms with E-state index in [0.29, 0.717) is 99.2 Å². The number of hydrogen-bond acceptors (Lipinski definition) is 16. The minimum Gasteiger partial charge on any atom is -0.492 e. The van der Waals surface area contributed by atoms with Crippen molar-refractivity contribution in [3.63, 3.8) is 0 Å². The summed E-state index contributed by atoms with van der Waals surface area (Å²) in [5.41, 5.74) is 5.43. The van der Waals surface area contributed by atoms with E-state index >= 15 is 0 Å². The fourth-order valence-corrected chi connectivity index (χ4v) is 10.8. The zero-order valence-electron chi connectivity index (χ0n) is 43.3. The summed E-state index contributed by atoms with van der Waals surface area (Å²) in [6, 6.07) is 20.4. The lowest BCUT2D eigenvalue weighted by molar-refractivity contribution is -0.437. The number of ether oxygens (including phenoxy) is 6. The Morgan fingerprint density at radius 2 is 1.43 bits per heavy atom. The average Bonchev–Trinajstić information content (AvgIpc) is 3.81. The highest BCUT2D eigenvalue weighted by Gasteiger charge is 2.49. The van der Waals surface area contributed by atoms with Crippen LogP contribution in [-0.4, -0.2) is 151 Å². The van der Waals surface area contributed by atoms with Crippen molar-refractivity contribution in [2.75, 3.05) is 97.4 Å². The third-order valence-corrected chi connectivity index (χ3v) is 15.5. The molecule has 0 amide bonds. The Hall–Kier alpha value is -5.88. The first-order valence-electron chi connectivity index (χ1n) is 24.7. The van der Waals surface area contributed by atoms with Crippen molar-refractivity contribution in [3.05, 3.63) is 113 Å². The van der Waals surface area contributed by atoms with Crippen molar-refractivity contribution in [1.82, 2.24) is 4.73 Å². The van der Waals surface area contributed by atoms with E-state index in [2.05, 4.69) is 37.8 Å². The van der Waals surface area contributed by atoms with Crippen molar-refractivity contribution in [2.24, 2.45) is 0 Å². The predicted molar refractivity (Wildman–Crippen MR) is 282 cm³/mol. The molecule has 0 radical (unpaired) electrons. The highest BCUT2D eigenvalue weighted by Crippen LogP contribution is 2.49. The van der Waals surface area contributed by atoms with Crippen LogP contribution in [0.1, 0.15) is 75.6 Å². The molecule has 1 atom stereocenters. The number of carbonyl (C=O) groups excluding carboxylic acids is 1. The van der Waals surface area contributed by atoms with Crippen molar-refractivity contribution in [1.29, 1.82) is 0 Å². The smallest absolute Gasteiger partial charge is 0.333 e. The molecular formula is C54H68N3O16S2+. The number of rotatable bonds is 28. The SMILES string of the molecule is COCCOCCOCCOCCOCCN1c2cc3c(cc2C(C)=CC1(C)C)C(=CC1=[N+](CCCS(=O)(=O)OC)c2ccc(S(=O)(=O)O)cc2C1(C)CCCC(=O)On1c(O)ccc1O)C=C(c1ccccc1)O3. The third kappa shape index (κ3) is 13.9. The highest BCUT2D eigenvalue weighted by atomic mass is 32.2. The van der Waals surface area contributed by atoms with Gasteiger partial charge in [0.2, 0.25) is 17.4 Å². The molecule has 0 saturated heterocycles. The molecule has 3 aliphatic rings. The Kier molecular flexibility index (Phi) is 18.8. The van der Waals surface area contributed by atoms with Crippen LogP contribution in [0.5, 0.6) is 17.5 Å². The second-order valence-corrected chi connectivity index (χ2v) is 22.3. The topological polar surface area (TPSA) is 231 Å². The van der Waals surface area contributed by atoms with Crippen LogP contribution in [0.2, 0.25) is 0 Å². The summed E-state index contributed by atoms with van der Waals surface area (Å²) >= 11 is 0. The standard InChI is InChI=1S/C54H67N3O16S2/c1-38-37-53(2,3)56(21-22-68-25-26-70-29-30-71-28-27-69-24-23-66-5)46-36-48-43(35-42(38)46)40(32-47(72-48)39-12-8-7-9-13-39)33-49-54(4,19-10-14-52(60)73-57-50(58)17-18-51(57)59)44-34-41(75(63,64)65)15-16-45(44)55(49)20-11-31-74(61,62)67-6/h7-9,12-13,15-18,32-37H,10-11,14,19-31H2,1-6H3,(H2-,58,59,63,64,65)/p+1. The molecule has 4 heterocycles. The maximum Gasteiger partial charge on any atom is 0.333 e. The van der Waals surface area contributed by atoms with Crippen LogP contribution in [-0.2, 0) is 58.3 Å². The maximum atomic E-state index is 13.2. The first-order valence-corrected chi connectivity index (χ1v) is 27.8. The molecule has 1 aromatic heterocycles. The van der Waals surface area contributed by atoms with E-state index in [9.17, 15) is 36.4 Å². The average molecular weight is 1080 g/mol. The van der Waals surface area contributed by atoms with Gasteiger partial charge in [-0.05, 0) is 76.0 Å². The lowest BCUT2D eigenvalue weighted by atomic mass is 9.74. The second kappa shape index (κ2) is 24.9. The van der Waals surface area contributed by atoms with Crippen LogP contribution in [0.3, 0.4) is 0 Å². The van der Waals surface area contributed by atoms with Crippen molar-refractivity contribution in [2.45, 2.75) is 69.2 Å². The molecule has 3 aromatic carbocycles. The molecule has 7 rings (SSSR count). The van der Waals surface area contributed by atoms with Crippen LogP contribution in [0, 0.1) is 0 Å². The van der Waals surface area contributed by atoms with Gasteiger partial charge in [0.25, 0.3) is 20.2 Å². The molecule has 406 valence electrons. The summed E-state index contributed by atoms with van der Waals surface area (Å²) in [4.78, 5) is 20.4. The van der Waals surface area contributed by atoms with Gasteiger partial charge in [-0.1, -0.05) is 36.4 Å². The maximum absolute atomic E-state index is 13.2. The quantitative estimate of drug-likeness (QED) is 0.0227. The fourth-order valence-electron chi connectivity index (χ4n) is 9.63. The minimum absolute atomic E-state index is 0.112. The van der Waals surface area contributed by atoms with Crippen molar-refractivity contribution >= 4 is 60.2 Å². The van der Waals surface area contributed by atoms with Gasteiger partial charge >= 0.3 is 5.97 Å². The number of aromatic hydroxyl groups is 2. The number of anilines is 1. The van der Waals surface area contributed by atoms with Gasteiger partial charge in [0.15, 0.2) is 5.71 Å². The number of carbonyl (C=O) groups is 1. The van der Waals surface area contributed by atoms with Gasteiger partial charge < -0.3 is 48.4 Å². The molecule has 0 aliphatic carbocycles. The molecule has 4 aromatic rings. The van der Waals surface area contributed by atoms with Crippen LogP contribution in [0.15, 0.2) is 95.9 Å². The Balaban J connectivity index is 1.24. The van der Waals surface area contributed by atoms with Gasteiger partial charge in [0.05, 0.1) is 88.2 Å². The Labute approximate surface area is 439 Å². The molecule has 0 fully saturated rings. The molecule has 1 unspecified atom stereocenters. The lowest BCUT2D eigenvalue weighted by Gasteiger charge is -2.44. The van der Waals surface area contributed by atoms with E-state index in [-0.39, 0.29) is 42.9 Å². The summed E-state index contributed by atoms with van der Waals surface area (Å²) in [5.74, 6) is -0.917. The molecule has 75 heavy (non-hydrogen) atoms. The second-order valence-electron chi connectivity index (χ2n) is 19.0. The highest BCUT2D eigenvalue weighted by molar-refractivity contribution is 7.86. The first-order chi connectivity index (χ1) is 35.8. The van der Waals surface area contributed by atoms with E-state index in [1.807, 2.05) is 60.0 Å². The largest absolute Gasteiger partial charge is 0.492 e. The summed E-state index contributed by atoms with van der Waals surface area (Å²) < 4.78 is 103. The third-order valence-electron chi connectivity index (χ3n) is 13.3. The van der Waals surface area contributed by atoms with Gasteiger partial charge in [-0.25, -0.2) is 4.79 Å². The lowest BCUT2D eigenvalue weighted by Crippen LogP contribution is -2.47. The van der Waals surface area contributed by atoms with E-state index in [1.165, 1.54) is 24.3 Å². The number of benzene rings is 3. The van der Waals surface area contributed by atoms with E-state index < -0.39 is 48.9 Å². The number of aromatic nitrogens is 1. The first kappa shape index (κ1) is 56.8. The summed E-state index contributed by atoms with van der Waals surface area (Å²) in [6.45, 7) is 13.1. The van der Waals surface area contributed by atoms with E-state index in [4.69, 9.17) is 37.4 Å². The molecule has 3 N–H and O–H groups in total. The normalized spacial score (nSPS) is 17.6. The number of nitrogens with zero attached hydrogens (tertiary/aromatic N) is 3. The minimum atomic E-state index is -4.69. The molecular weight excluding hydrogens is 1010 g/mol. The van der Waals surface area contributed by atoms with Crippen LogP contribution >= 0.6 is 0 Å². The number of methoxy groups -OCH3 is 1. The number of allylic oxidation sites excluding steroid dienone is 4. The molecule has 0 spiro atoms. The monoisotopic (exact) mass is 1080 g/mol. The van der Waals surface area contributed by atoms with Gasteiger partial charge in [-0.2, -0.15) is 21.4 Å². The molecule has 3 aliphatic heterocycles. The Morgan fingerprint density at radius 1 is 0.787 bits per heavy atom. The van der Waals surface area contributed by atoms with Crippen LogP contribution in [0.25, 0.3) is 16.9 Å². The Bertz CT molecular complexity index is 3020. The summed E-state index contributed by atoms with van der Waals surface area (Å²) in [5, 5.41) is 20.2. The van der Waals surface area contributed by atoms with E-state index in [0.717, 1.165) is 40.6 Å². The predicted octanol–water partition coefficient (Wildman–Crippen LogP) is 6.93. The molecule has 21 heteroatoms. The molecule has 19 nitrogen and oxygen atoms in total. The molecule has 0 saturated carbocycles. The zero-order valence-corrected chi connectivity index (χ0v) is 44.9. The molecule has 0 bridgehead atoms. The van der Waals surface area contributed by atoms with Crippen molar-refractivity contribution < 1.29 is 78.4 Å².